The molecule has 126 valence electrons. The van der Waals surface area contributed by atoms with Crippen LogP contribution in [0.25, 0.3) is 11.4 Å². The van der Waals surface area contributed by atoms with Crippen molar-refractivity contribution in [3.05, 3.63) is 41.2 Å². The highest BCUT2D eigenvalue weighted by Gasteiger charge is 2.18. The molecule has 2 rings (SSSR count). The summed E-state index contributed by atoms with van der Waals surface area (Å²) >= 11 is 0. The van der Waals surface area contributed by atoms with Gasteiger partial charge in [0.25, 0.3) is 0 Å². The third kappa shape index (κ3) is 3.85. The average Bonchev–Trinajstić information content (AvgIpc) is 3.05. The maximum absolute atomic E-state index is 4.67. The van der Waals surface area contributed by atoms with Gasteiger partial charge in [-0.3, -0.25) is 4.98 Å². The van der Waals surface area contributed by atoms with Gasteiger partial charge in [0.15, 0.2) is 0 Å². The Labute approximate surface area is 141 Å². The lowest BCUT2D eigenvalue weighted by atomic mass is 9.94. The lowest BCUT2D eigenvalue weighted by Gasteiger charge is -2.13. The van der Waals surface area contributed by atoms with E-state index >= 15 is 0 Å². The first-order chi connectivity index (χ1) is 11.0. The number of aromatic nitrogens is 2. The first kappa shape index (κ1) is 17.8. The Morgan fingerprint density at radius 2 is 1.57 bits per heavy atom. The quantitative estimate of drug-likeness (QED) is 0.611. The molecule has 0 bridgehead atoms. The predicted molar refractivity (Wildman–Crippen MR) is 100 cm³/mol. The Morgan fingerprint density at radius 3 is 2.17 bits per heavy atom. The molecule has 3 atom stereocenters. The Hall–Kier alpha value is -1.57. The van der Waals surface area contributed by atoms with Crippen LogP contribution in [0.1, 0.15) is 95.4 Å². The summed E-state index contributed by atoms with van der Waals surface area (Å²) in [4.78, 5) is 8.36. The molecule has 2 heteroatoms. The van der Waals surface area contributed by atoms with Crippen molar-refractivity contribution >= 4 is 0 Å². The second-order valence-corrected chi connectivity index (χ2v) is 6.96. The van der Waals surface area contributed by atoms with Crippen LogP contribution in [0.4, 0.5) is 0 Å². The van der Waals surface area contributed by atoms with Gasteiger partial charge in [0.2, 0.25) is 0 Å². The lowest BCUT2D eigenvalue weighted by molar-refractivity contribution is 0.711. The summed E-state index contributed by atoms with van der Waals surface area (Å²) in [7, 11) is 0. The Kier molecular flexibility index (Phi) is 6.04. The predicted octanol–water partition coefficient (Wildman–Crippen LogP) is 6.62. The van der Waals surface area contributed by atoms with Crippen molar-refractivity contribution in [2.24, 2.45) is 0 Å². The molecule has 23 heavy (non-hydrogen) atoms. The minimum atomic E-state index is 0.549. The van der Waals surface area contributed by atoms with E-state index in [-0.39, 0.29) is 0 Å². The highest BCUT2D eigenvalue weighted by atomic mass is 14.8. The van der Waals surface area contributed by atoms with Crippen molar-refractivity contribution in [2.75, 3.05) is 0 Å². The van der Waals surface area contributed by atoms with Gasteiger partial charge in [-0.2, -0.15) is 0 Å². The Bertz CT molecular complexity index is 627. The summed E-state index contributed by atoms with van der Waals surface area (Å²) in [6.45, 7) is 13.6. The van der Waals surface area contributed by atoms with Crippen molar-refractivity contribution in [3.63, 3.8) is 0 Å². The fourth-order valence-electron chi connectivity index (χ4n) is 2.92. The maximum Gasteiger partial charge on any atom is 0.0870 e. The number of rotatable bonds is 7. The first-order valence-corrected chi connectivity index (χ1v) is 9.20. The molecule has 2 nitrogen and oxygen atoms in total. The van der Waals surface area contributed by atoms with Crippen molar-refractivity contribution in [3.8, 4) is 11.4 Å². The normalized spacial score (nSPS) is 15.4. The largest absolute Gasteiger partial charge is 0.357 e. The fraction of sp³-hybridized carbons (Fsp3) is 0.571. The Morgan fingerprint density at radius 1 is 0.913 bits per heavy atom. The monoisotopic (exact) mass is 312 g/mol. The van der Waals surface area contributed by atoms with E-state index in [1.165, 1.54) is 22.5 Å². The van der Waals surface area contributed by atoms with Crippen LogP contribution in [0.15, 0.2) is 24.4 Å². The van der Waals surface area contributed by atoms with Gasteiger partial charge >= 0.3 is 0 Å². The molecule has 0 spiro atoms. The van der Waals surface area contributed by atoms with Crippen LogP contribution < -0.4 is 0 Å². The number of pyridine rings is 1. The van der Waals surface area contributed by atoms with E-state index in [4.69, 9.17) is 0 Å². The summed E-state index contributed by atoms with van der Waals surface area (Å²) in [5.41, 5.74) is 6.45. The fourth-order valence-corrected chi connectivity index (χ4v) is 2.92. The second-order valence-electron chi connectivity index (χ2n) is 6.96. The summed E-state index contributed by atoms with van der Waals surface area (Å²) < 4.78 is 0. The molecule has 2 heterocycles. The van der Waals surface area contributed by atoms with Crippen LogP contribution in [0.5, 0.6) is 0 Å². The van der Waals surface area contributed by atoms with Crippen LogP contribution in [-0.2, 0) is 0 Å². The van der Waals surface area contributed by atoms with Gasteiger partial charge in [0.1, 0.15) is 0 Å². The van der Waals surface area contributed by atoms with Crippen LogP contribution >= 0.6 is 0 Å². The van der Waals surface area contributed by atoms with Crippen molar-refractivity contribution in [1.82, 2.24) is 9.97 Å². The van der Waals surface area contributed by atoms with Gasteiger partial charge in [-0.1, -0.05) is 41.5 Å². The Balaban J connectivity index is 2.50. The standard InChI is InChI=1S/C21H32N2/c1-7-14(4)17-10-11-22-20(12-17)21-18(15(5)8-2)13-19(23-21)16(6)9-3/h10-16,23H,7-9H2,1-6H3. The van der Waals surface area contributed by atoms with E-state index in [9.17, 15) is 0 Å². The molecule has 0 aliphatic heterocycles. The number of H-pyrrole nitrogens is 1. The molecule has 0 aliphatic rings. The molecule has 0 radical (unpaired) electrons. The topological polar surface area (TPSA) is 28.7 Å². The highest BCUT2D eigenvalue weighted by Crippen LogP contribution is 2.34. The molecule has 2 aromatic heterocycles. The average molecular weight is 313 g/mol. The first-order valence-electron chi connectivity index (χ1n) is 9.20. The lowest BCUT2D eigenvalue weighted by Crippen LogP contribution is -1.97. The van der Waals surface area contributed by atoms with Gasteiger partial charge in [0.05, 0.1) is 11.4 Å². The van der Waals surface area contributed by atoms with E-state index in [0.717, 1.165) is 25.0 Å². The van der Waals surface area contributed by atoms with Crippen molar-refractivity contribution < 1.29 is 0 Å². The number of nitrogens with zero attached hydrogens (tertiary/aromatic N) is 1. The van der Waals surface area contributed by atoms with Crippen LogP contribution in [0.2, 0.25) is 0 Å². The molecule has 0 aliphatic carbocycles. The second kappa shape index (κ2) is 7.81. The van der Waals surface area contributed by atoms with Crippen molar-refractivity contribution in [1.29, 1.82) is 0 Å². The van der Waals surface area contributed by atoms with Crippen molar-refractivity contribution in [2.45, 2.75) is 78.6 Å². The van der Waals surface area contributed by atoms with Crippen LogP contribution in [0, 0.1) is 0 Å². The molecule has 3 unspecified atom stereocenters. The third-order valence-electron chi connectivity index (χ3n) is 5.38. The van der Waals surface area contributed by atoms with E-state index in [0.29, 0.717) is 17.8 Å². The molecular formula is C21H32N2. The van der Waals surface area contributed by atoms with Gasteiger partial charge in [0, 0.05) is 11.9 Å². The van der Waals surface area contributed by atoms with Crippen LogP contribution in [0.3, 0.4) is 0 Å². The number of hydrogen-bond acceptors (Lipinski definition) is 1. The minimum absolute atomic E-state index is 0.549. The summed E-state index contributed by atoms with van der Waals surface area (Å²) in [6.07, 6.45) is 5.42. The van der Waals surface area contributed by atoms with Gasteiger partial charge in [-0.15, -0.1) is 0 Å². The van der Waals surface area contributed by atoms with Gasteiger partial charge in [-0.25, -0.2) is 0 Å². The molecular weight excluding hydrogens is 280 g/mol. The van der Waals surface area contributed by atoms with E-state index < -0.39 is 0 Å². The maximum atomic E-state index is 4.67. The number of hydrogen-bond donors (Lipinski definition) is 1. The van der Waals surface area contributed by atoms with Gasteiger partial charge < -0.3 is 4.98 Å². The van der Waals surface area contributed by atoms with Crippen LogP contribution in [-0.4, -0.2) is 9.97 Å². The summed E-state index contributed by atoms with van der Waals surface area (Å²) in [5.74, 6) is 1.69. The van der Waals surface area contributed by atoms with E-state index in [2.05, 4.69) is 69.7 Å². The zero-order valence-corrected chi connectivity index (χ0v) is 15.6. The minimum Gasteiger partial charge on any atom is -0.357 e. The molecule has 1 N–H and O–H groups in total. The zero-order chi connectivity index (χ0) is 17.0. The zero-order valence-electron chi connectivity index (χ0n) is 15.6. The highest BCUT2D eigenvalue weighted by molar-refractivity contribution is 5.62. The van der Waals surface area contributed by atoms with Gasteiger partial charge in [-0.05, 0) is 66.3 Å². The smallest absolute Gasteiger partial charge is 0.0870 e. The molecule has 2 aromatic rings. The third-order valence-corrected chi connectivity index (χ3v) is 5.38. The molecule has 0 saturated carbocycles. The molecule has 0 fully saturated rings. The summed E-state index contributed by atoms with van der Waals surface area (Å²) in [5, 5.41) is 0. The SMILES string of the molecule is CCC(C)c1ccnc(-c2[nH]c(C(C)CC)cc2C(C)CC)c1. The van der Waals surface area contributed by atoms with E-state index in [1.54, 1.807) is 0 Å². The number of nitrogens with one attached hydrogen (secondary N) is 1. The molecule has 0 saturated heterocycles. The summed E-state index contributed by atoms with van der Waals surface area (Å²) in [6, 6.07) is 6.79. The number of aromatic amines is 1. The molecule has 0 aromatic carbocycles. The molecule has 0 amide bonds. The van der Waals surface area contributed by atoms with E-state index in [1.807, 2.05) is 6.20 Å².